The quantitative estimate of drug-likeness (QED) is 0.135. The first-order chi connectivity index (χ1) is 18.2. The molecule has 4 rings (SSSR count). The minimum absolute atomic E-state index is 0.149. The van der Waals surface area contributed by atoms with Gasteiger partial charge in [-0.3, -0.25) is 4.79 Å². The van der Waals surface area contributed by atoms with Crippen molar-refractivity contribution in [2.24, 2.45) is 0 Å². The first kappa shape index (κ1) is 27.3. The van der Waals surface area contributed by atoms with Crippen LogP contribution in [0.15, 0.2) is 60.7 Å². The Morgan fingerprint density at radius 2 is 1.76 bits per heavy atom. The van der Waals surface area contributed by atoms with Gasteiger partial charge in [-0.05, 0) is 73.9 Å². The van der Waals surface area contributed by atoms with Gasteiger partial charge in [-0.2, -0.15) is 0 Å². The van der Waals surface area contributed by atoms with E-state index in [2.05, 4.69) is 24.4 Å². The summed E-state index contributed by atoms with van der Waals surface area (Å²) in [5.41, 5.74) is 11.7. The van der Waals surface area contributed by atoms with E-state index in [1.54, 1.807) is 30.3 Å². The van der Waals surface area contributed by atoms with Gasteiger partial charge in [0.2, 0.25) is 5.91 Å². The Kier molecular flexibility index (Phi) is 8.77. The molecule has 0 saturated carbocycles. The summed E-state index contributed by atoms with van der Waals surface area (Å²) in [5.74, 6) is 0.925. The van der Waals surface area contributed by atoms with Crippen LogP contribution in [0, 0.1) is 20.8 Å². The van der Waals surface area contributed by atoms with Crippen LogP contribution in [0.1, 0.15) is 27.9 Å². The number of aromatic nitrogens is 1. The number of fused-ring (bicyclic) bond motifs is 1. The van der Waals surface area contributed by atoms with E-state index in [0.29, 0.717) is 39.3 Å². The van der Waals surface area contributed by atoms with Gasteiger partial charge in [0, 0.05) is 33.4 Å². The first-order valence-corrected chi connectivity index (χ1v) is 12.9. The molecule has 0 aliphatic rings. The summed E-state index contributed by atoms with van der Waals surface area (Å²) in [6, 6.07) is 16.8. The summed E-state index contributed by atoms with van der Waals surface area (Å²) in [6.45, 7) is 6.69. The van der Waals surface area contributed by atoms with Crippen molar-refractivity contribution in [2.75, 3.05) is 18.9 Å². The van der Waals surface area contributed by atoms with Crippen molar-refractivity contribution >= 4 is 51.8 Å². The summed E-state index contributed by atoms with van der Waals surface area (Å²) >= 11 is 13.1. The fourth-order valence-corrected chi connectivity index (χ4v) is 4.56. The molecule has 0 radical (unpaired) electrons. The van der Waals surface area contributed by atoms with E-state index in [4.69, 9.17) is 43.4 Å². The molecule has 8 heteroatoms. The number of aryl methyl sites for hydroxylation is 3. The zero-order chi connectivity index (χ0) is 27.2. The lowest BCUT2D eigenvalue weighted by molar-refractivity contribution is -0.116. The molecule has 1 amide bonds. The van der Waals surface area contributed by atoms with Gasteiger partial charge in [-0.25, -0.2) is 4.98 Å². The van der Waals surface area contributed by atoms with Crippen LogP contribution in [0.4, 0.5) is 5.69 Å². The van der Waals surface area contributed by atoms with Crippen LogP contribution in [0.5, 0.6) is 11.5 Å². The number of hydrogen-bond acceptors (Lipinski definition) is 5. The minimum atomic E-state index is -0.230. The molecule has 0 aliphatic heterocycles. The second kappa shape index (κ2) is 12.2. The molecule has 0 spiro atoms. The molecule has 1 aromatic heterocycles. The van der Waals surface area contributed by atoms with Crippen molar-refractivity contribution in [3.8, 4) is 11.5 Å². The van der Waals surface area contributed by atoms with E-state index in [1.807, 2.05) is 32.0 Å². The normalized spacial score (nSPS) is 11.2. The summed E-state index contributed by atoms with van der Waals surface area (Å²) in [6.07, 6.45) is 3.18. The number of carbonyl (C=O) groups excluding carboxylic acids is 1. The molecule has 3 aromatic carbocycles. The third-order valence-electron chi connectivity index (χ3n) is 6.00. The number of nitrogens with one attached hydrogen (secondary N) is 1. The average Bonchev–Trinajstić information content (AvgIpc) is 2.88. The van der Waals surface area contributed by atoms with E-state index >= 15 is 0 Å². The highest BCUT2D eigenvalue weighted by Gasteiger charge is 2.16. The van der Waals surface area contributed by atoms with E-state index in [9.17, 15) is 4.79 Å². The maximum absolute atomic E-state index is 12.1. The molecule has 1 heterocycles. The average molecular weight is 550 g/mol. The number of hydrogen-bond donors (Lipinski definition) is 2. The van der Waals surface area contributed by atoms with Crippen LogP contribution in [0.3, 0.4) is 0 Å². The first-order valence-electron chi connectivity index (χ1n) is 12.1. The molecule has 6 nitrogen and oxygen atoms in total. The number of carbonyl (C=O) groups is 1. The number of nitrogens with zero attached hydrogens (tertiary/aromatic N) is 1. The number of anilines is 1. The Balaban J connectivity index is 1.38. The number of amides is 1. The maximum atomic E-state index is 12.1. The molecule has 196 valence electrons. The van der Waals surface area contributed by atoms with Crippen molar-refractivity contribution in [1.29, 1.82) is 0 Å². The third kappa shape index (κ3) is 6.57. The van der Waals surface area contributed by atoms with Crippen LogP contribution >= 0.6 is 23.2 Å². The Labute approximate surface area is 232 Å². The molecular weight excluding hydrogens is 521 g/mol. The SMILES string of the molecule is Cc1ccc2c(C)cc(C)c(OCc3c(Cl)ccc(OCCNC(=O)C=Cc4ccc(N)cc4)c3Cl)c2n1. The van der Waals surface area contributed by atoms with Gasteiger partial charge in [-0.15, -0.1) is 0 Å². The van der Waals surface area contributed by atoms with Crippen molar-refractivity contribution in [1.82, 2.24) is 10.3 Å². The predicted octanol–water partition coefficient (Wildman–Crippen LogP) is 6.84. The number of rotatable bonds is 9. The van der Waals surface area contributed by atoms with Gasteiger partial charge in [0.25, 0.3) is 0 Å². The maximum Gasteiger partial charge on any atom is 0.244 e. The highest BCUT2D eigenvalue weighted by molar-refractivity contribution is 6.36. The summed E-state index contributed by atoms with van der Waals surface area (Å²) < 4.78 is 12.1. The number of halogens is 2. The molecule has 0 aliphatic carbocycles. The molecular formula is C30H29Cl2N3O3. The fraction of sp³-hybridized carbons (Fsp3) is 0.200. The molecule has 38 heavy (non-hydrogen) atoms. The number of benzene rings is 3. The smallest absolute Gasteiger partial charge is 0.244 e. The lowest BCUT2D eigenvalue weighted by Crippen LogP contribution is -2.26. The number of pyridine rings is 1. The molecule has 0 atom stereocenters. The summed E-state index contributed by atoms with van der Waals surface area (Å²) in [4.78, 5) is 16.8. The zero-order valence-electron chi connectivity index (χ0n) is 21.5. The predicted molar refractivity (Wildman–Crippen MR) is 155 cm³/mol. The van der Waals surface area contributed by atoms with Crippen molar-refractivity contribution < 1.29 is 14.3 Å². The number of ether oxygens (including phenoxy) is 2. The van der Waals surface area contributed by atoms with Crippen LogP contribution in [-0.2, 0) is 11.4 Å². The van der Waals surface area contributed by atoms with E-state index < -0.39 is 0 Å². The zero-order valence-corrected chi connectivity index (χ0v) is 23.0. The van der Waals surface area contributed by atoms with E-state index in [0.717, 1.165) is 33.3 Å². The Morgan fingerprint density at radius 1 is 1.00 bits per heavy atom. The van der Waals surface area contributed by atoms with Crippen LogP contribution in [-0.4, -0.2) is 24.0 Å². The summed E-state index contributed by atoms with van der Waals surface area (Å²) in [5, 5.41) is 4.66. The minimum Gasteiger partial charge on any atom is -0.490 e. The molecule has 3 N–H and O–H groups in total. The fourth-order valence-electron chi connectivity index (χ4n) is 4.02. The van der Waals surface area contributed by atoms with Crippen LogP contribution in [0.2, 0.25) is 10.0 Å². The van der Waals surface area contributed by atoms with Gasteiger partial charge in [0.1, 0.15) is 30.2 Å². The highest BCUT2D eigenvalue weighted by atomic mass is 35.5. The lowest BCUT2D eigenvalue weighted by Gasteiger charge is -2.17. The number of nitrogens with two attached hydrogens (primary N) is 1. The lowest BCUT2D eigenvalue weighted by atomic mass is 10.0. The molecule has 0 fully saturated rings. The third-order valence-corrected chi connectivity index (χ3v) is 6.77. The second-order valence-corrected chi connectivity index (χ2v) is 9.74. The van der Waals surface area contributed by atoms with Gasteiger partial charge >= 0.3 is 0 Å². The van der Waals surface area contributed by atoms with E-state index in [1.165, 1.54) is 6.08 Å². The van der Waals surface area contributed by atoms with Gasteiger partial charge in [-0.1, -0.05) is 47.5 Å². The van der Waals surface area contributed by atoms with Crippen LogP contribution in [0.25, 0.3) is 17.0 Å². The molecule has 0 bridgehead atoms. The van der Waals surface area contributed by atoms with E-state index in [-0.39, 0.29) is 19.1 Å². The van der Waals surface area contributed by atoms with Crippen molar-refractivity contribution in [3.63, 3.8) is 0 Å². The van der Waals surface area contributed by atoms with Crippen molar-refractivity contribution in [3.05, 3.63) is 98.7 Å². The Bertz CT molecular complexity index is 1500. The van der Waals surface area contributed by atoms with Crippen LogP contribution < -0.4 is 20.5 Å². The summed E-state index contributed by atoms with van der Waals surface area (Å²) in [7, 11) is 0. The monoisotopic (exact) mass is 549 g/mol. The van der Waals surface area contributed by atoms with Gasteiger partial charge in [0.05, 0.1) is 11.6 Å². The molecule has 0 saturated heterocycles. The second-order valence-electron chi connectivity index (χ2n) is 8.95. The Morgan fingerprint density at radius 3 is 2.53 bits per heavy atom. The largest absolute Gasteiger partial charge is 0.490 e. The Hall–Kier alpha value is -3.74. The topological polar surface area (TPSA) is 86.5 Å². The molecule has 0 unspecified atom stereocenters. The number of nitrogen functional groups attached to an aromatic ring is 1. The standard InChI is InChI=1S/C30H29Cl2N3O3/c1-18-16-19(2)30(29-23(18)10-4-20(3)35-29)38-17-24-25(31)11-12-26(28(24)32)37-15-14-34-27(36)13-7-21-5-8-22(33)9-6-21/h4-13,16H,14-15,17,33H2,1-3H3,(H,34,36). The van der Waals surface area contributed by atoms with Gasteiger partial charge in [0.15, 0.2) is 0 Å². The highest BCUT2D eigenvalue weighted by Crippen LogP contribution is 2.36. The van der Waals surface area contributed by atoms with Gasteiger partial charge < -0.3 is 20.5 Å². The molecule has 4 aromatic rings. The van der Waals surface area contributed by atoms with Crippen molar-refractivity contribution in [2.45, 2.75) is 27.4 Å².